The van der Waals surface area contributed by atoms with Crippen LogP contribution in [-0.4, -0.2) is 30.1 Å². The van der Waals surface area contributed by atoms with Crippen LogP contribution in [0.2, 0.25) is 0 Å². The van der Waals surface area contributed by atoms with E-state index in [-0.39, 0.29) is 12.8 Å². The van der Waals surface area contributed by atoms with E-state index in [1.807, 2.05) is 80.6 Å². The first-order chi connectivity index (χ1) is 18.0. The van der Waals surface area contributed by atoms with Crippen molar-refractivity contribution in [2.75, 3.05) is 18.8 Å². The van der Waals surface area contributed by atoms with E-state index < -0.39 is 6.04 Å². The quantitative estimate of drug-likeness (QED) is 0.390. The smallest absolute Gasteiger partial charge is 0.326 e. The van der Waals surface area contributed by atoms with Crippen LogP contribution in [-0.2, 0) is 0 Å². The second-order valence-electron chi connectivity index (χ2n) is 8.82. The first kappa shape index (κ1) is 22.7. The fourth-order valence-electron chi connectivity index (χ4n) is 4.65. The number of anilines is 1. The molecule has 0 saturated carbocycles. The number of fused-ring (bicyclic) bond motifs is 1. The minimum atomic E-state index is -0.534. The Hall–Kier alpha value is -4.79. The van der Waals surface area contributed by atoms with Crippen molar-refractivity contribution in [2.45, 2.75) is 19.9 Å². The predicted octanol–water partition coefficient (Wildman–Crippen LogP) is 5.48. The van der Waals surface area contributed by atoms with Gasteiger partial charge in [-0.25, -0.2) is 4.79 Å². The summed E-state index contributed by atoms with van der Waals surface area (Å²) >= 11 is 0. The van der Waals surface area contributed by atoms with E-state index in [4.69, 9.17) is 23.7 Å². The Bertz CT molecular complexity index is 1540. The zero-order valence-corrected chi connectivity index (χ0v) is 20.5. The Balaban J connectivity index is 1.48. The van der Waals surface area contributed by atoms with Gasteiger partial charge in [0, 0.05) is 11.3 Å². The van der Waals surface area contributed by atoms with Crippen LogP contribution in [0.5, 0.6) is 17.2 Å². The summed E-state index contributed by atoms with van der Waals surface area (Å²) in [6.07, 6.45) is 0. The van der Waals surface area contributed by atoms with Gasteiger partial charge in [0.15, 0.2) is 11.5 Å². The number of aryl methyl sites for hydroxylation is 1. The lowest BCUT2D eigenvalue weighted by Crippen LogP contribution is -2.46. The zero-order chi connectivity index (χ0) is 25.5. The normalized spacial score (nSPS) is 16.7. The average Bonchev–Trinajstić information content (AvgIpc) is 3.58. The van der Waals surface area contributed by atoms with Gasteiger partial charge >= 0.3 is 6.03 Å². The highest BCUT2D eigenvalue weighted by molar-refractivity contribution is 6.01. The summed E-state index contributed by atoms with van der Waals surface area (Å²) in [6.45, 7) is 4.05. The molecule has 1 unspecified atom stereocenters. The number of rotatable bonds is 5. The van der Waals surface area contributed by atoms with Gasteiger partial charge in [0.25, 0.3) is 5.89 Å². The summed E-state index contributed by atoms with van der Waals surface area (Å²) in [7, 11) is 1.61. The molecule has 0 radical (unpaired) electrons. The van der Waals surface area contributed by atoms with E-state index in [1.54, 1.807) is 12.0 Å². The van der Waals surface area contributed by atoms with Crippen LogP contribution in [0.3, 0.4) is 0 Å². The Labute approximate surface area is 213 Å². The van der Waals surface area contributed by atoms with Gasteiger partial charge in [-0.15, -0.1) is 0 Å². The molecule has 2 aliphatic rings. The predicted molar refractivity (Wildman–Crippen MR) is 136 cm³/mol. The maximum absolute atomic E-state index is 13.4. The van der Waals surface area contributed by atoms with Crippen LogP contribution >= 0.6 is 0 Å². The van der Waals surface area contributed by atoms with Crippen molar-refractivity contribution < 1.29 is 23.5 Å². The summed E-state index contributed by atoms with van der Waals surface area (Å²) in [5.41, 5.74) is 4.71. The number of ether oxygens (including phenoxy) is 3. The van der Waals surface area contributed by atoms with Crippen LogP contribution < -0.4 is 24.4 Å². The average molecular weight is 497 g/mol. The maximum atomic E-state index is 13.4. The number of carbonyl (C=O) groups is 1. The molecule has 3 heterocycles. The van der Waals surface area contributed by atoms with Crippen LogP contribution in [0, 0.1) is 6.92 Å². The van der Waals surface area contributed by atoms with Gasteiger partial charge in [-0.2, -0.15) is 4.98 Å². The molecule has 0 bridgehead atoms. The van der Waals surface area contributed by atoms with Gasteiger partial charge in [-0.05, 0) is 67.4 Å². The molecule has 0 fully saturated rings. The van der Waals surface area contributed by atoms with Crippen molar-refractivity contribution in [3.63, 3.8) is 0 Å². The van der Waals surface area contributed by atoms with E-state index in [0.29, 0.717) is 40.2 Å². The highest BCUT2D eigenvalue weighted by atomic mass is 16.7. The van der Waals surface area contributed by atoms with Gasteiger partial charge in [0.1, 0.15) is 5.75 Å². The van der Waals surface area contributed by atoms with E-state index in [9.17, 15) is 4.79 Å². The molecular formula is C28H24N4O5. The van der Waals surface area contributed by atoms with Gasteiger partial charge in [0.2, 0.25) is 12.6 Å². The monoisotopic (exact) mass is 496 g/mol. The standard InChI is InChI=1S/C28H24N4O5/c1-16-6-4-8-20(12-16)32-17(2)24(25(29-28(32)33)18-7-5-9-21(13-18)34-3)27-30-26(31-37-27)19-10-11-22-23(14-19)36-15-35-22/h4-14,25H,15H2,1-3H3,(H,29,33). The fraction of sp³-hybridized carbons (Fsp3) is 0.179. The van der Waals surface area contributed by atoms with E-state index in [0.717, 1.165) is 22.4 Å². The molecule has 0 spiro atoms. The number of hydrogen-bond acceptors (Lipinski definition) is 7. The summed E-state index contributed by atoms with van der Waals surface area (Å²) in [4.78, 5) is 19.8. The van der Waals surface area contributed by atoms with E-state index >= 15 is 0 Å². The SMILES string of the molecule is COc1cccc(C2NC(=O)N(c3cccc(C)c3)C(C)=C2c2nc(-c3ccc4c(c3)OCO4)no2)c1. The Kier molecular flexibility index (Phi) is 5.52. The summed E-state index contributed by atoms with van der Waals surface area (Å²) < 4.78 is 22.1. The molecule has 9 nitrogen and oxygen atoms in total. The second kappa shape index (κ2) is 9.02. The molecule has 1 aromatic heterocycles. The van der Waals surface area contributed by atoms with Gasteiger partial charge in [-0.3, -0.25) is 4.90 Å². The van der Waals surface area contributed by atoms with Crippen molar-refractivity contribution in [2.24, 2.45) is 0 Å². The van der Waals surface area contributed by atoms with Crippen LogP contribution in [0.4, 0.5) is 10.5 Å². The summed E-state index contributed by atoms with van der Waals surface area (Å²) in [5, 5.41) is 7.37. The van der Waals surface area contributed by atoms with Crippen molar-refractivity contribution >= 4 is 17.3 Å². The molecule has 0 aliphatic carbocycles. The first-order valence-corrected chi connectivity index (χ1v) is 11.8. The van der Waals surface area contributed by atoms with Crippen LogP contribution in [0.15, 0.2) is 77.0 Å². The molecule has 6 rings (SSSR count). The van der Waals surface area contributed by atoms with Gasteiger partial charge < -0.3 is 24.1 Å². The number of methoxy groups -OCH3 is 1. The third kappa shape index (κ3) is 4.04. The first-order valence-electron chi connectivity index (χ1n) is 11.8. The Morgan fingerprint density at radius 1 is 1.00 bits per heavy atom. The maximum Gasteiger partial charge on any atom is 0.326 e. The van der Waals surface area contributed by atoms with Crippen molar-refractivity contribution in [3.8, 4) is 28.6 Å². The number of carbonyl (C=O) groups excluding carboxylic acids is 1. The molecule has 2 aliphatic heterocycles. The van der Waals surface area contributed by atoms with Crippen LogP contribution in [0.25, 0.3) is 17.0 Å². The Morgan fingerprint density at radius 3 is 2.68 bits per heavy atom. The number of aromatic nitrogens is 2. The lowest BCUT2D eigenvalue weighted by Gasteiger charge is -2.35. The Morgan fingerprint density at radius 2 is 1.84 bits per heavy atom. The molecule has 1 atom stereocenters. The number of nitrogens with zero attached hydrogens (tertiary/aromatic N) is 3. The number of hydrogen-bond donors (Lipinski definition) is 1. The number of nitrogens with one attached hydrogen (secondary N) is 1. The molecular weight excluding hydrogens is 472 g/mol. The van der Waals surface area contributed by atoms with Gasteiger partial charge in [0.05, 0.1) is 24.4 Å². The van der Waals surface area contributed by atoms with Crippen molar-refractivity contribution in [1.82, 2.24) is 15.5 Å². The van der Waals surface area contributed by atoms with E-state index in [2.05, 4.69) is 10.5 Å². The molecule has 37 heavy (non-hydrogen) atoms. The number of urea groups is 1. The topological polar surface area (TPSA) is 99.0 Å². The van der Waals surface area contributed by atoms with Crippen molar-refractivity contribution in [3.05, 3.63) is 89.4 Å². The minimum absolute atomic E-state index is 0.180. The van der Waals surface area contributed by atoms with Crippen LogP contribution in [0.1, 0.15) is 30.0 Å². The van der Waals surface area contributed by atoms with Crippen molar-refractivity contribution in [1.29, 1.82) is 0 Å². The molecule has 4 aromatic rings. The number of amides is 2. The number of allylic oxidation sites excluding steroid dienone is 1. The summed E-state index contributed by atoms with van der Waals surface area (Å²) in [6, 6.07) is 20.0. The third-order valence-corrected chi connectivity index (χ3v) is 6.46. The lowest BCUT2D eigenvalue weighted by molar-refractivity contribution is 0.174. The lowest BCUT2D eigenvalue weighted by atomic mass is 9.94. The zero-order valence-electron chi connectivity index (χ0n) is 20.5. The molecule has 186 valence electrons. The summed E-state index contributed by atoms with van der Waals surface area (Å²) in [5.74, 6) is 2.68. The number of benzene rings is 3. The van der Waals surface area contributed by atoms with Gasteiger partial charge in [-0.1, -0.05) is 29.4 Å². The molecule has 0 saturated heterocycles. The molecule has 1 N–H and O–H groups in total. The largest absolute Gasteiger partial charge is 0.497 e. The molecule has 2 amide bonds. The van der Waals surface area contributed by atoms with E-state index in [1.165, 1.54) is 0 Å². The highest BCUT2D eigenvalue weighted by Gasteiger charge is 2.36. The minimum Gasteiger partial charge on any atom is -0.497 e. The molecule has 9 heteroatoms. The fourth-order valence-corrected chi connectivity index (χ4v) is 4.65. The second-order valence-corrected chi connectivity index (χ2v) is 8.82. The third-order valence-electron chi connectivity index (χ3n) is 6.46. The highest BCUT2D eigenvalue weighted by Crippen LogP contribution is 2.41. The molecule has 3 aromatic carbocycles.